The zero-order chi connectivity index (χ0) is 22.5. The van der Waals surface area contributed by atoms with E-state index in [1.54, 1.807) is 66.9 Å². The Kier molecular flexibility index (Phi) is 5.94. The van der Waals surface area contributed by atoms with Crippen LogP contribution in [0.15, 0.2) is 82.3 Å². The number of amides is 1. The summed E-state index contributed by atoms with van der Waals surface area (Å²) in [5, 5.41) is 3.42. The van der Waals surface area contributed by atoms with E-state index in [9.17, 15) is 9.59 Å². The minimum absolute atomic E-state index is 0.0845. The fourth-order valence-electron chi connectivity index (χ4n) is 3.06. The van der Waals surface area contributed by atoms with Crippen LogP contribution in [-0.2, 0) is 4.74 Å². The van der Waals surface area contributed by atoms with Crippen molar-refractivity contribution in [3.63, 3.8) is 0 Å². The molecule has 0 aliphatic rings. The second-order valence-corrected chi connectivity index (χ2v) is 6.66. The summed E-state index contributed by atoms with van der Waals surface area (Å²) in [4.78, 5) is 33.3. The number of nitrogens with one attached hydrogen (secondary N) is 1. The Morgan fingerprint density at radius 1 is 1.00 bits per heavy atom. The van der Waals surface area contributed by atoms with E-state index in [4.69, 9.17) is 13.9 Å². The largest absolute Gasteiger partial charge is 0.493 e. The molecule has 2 heterocycles. The highest BCUT2D eigenvalue weighted by Gasteiger charge is 2.15. The number of anilines is 1. The molecule has 32 heavy (non-hydrogen) atoms. The third kappa shape index (κ3) is 4.34. The van der Waals surface area contributed by atoms with Crippen LogP contribution in [0.4, 0.5) is 11.5 Å². The average Bonchev–Trinajstić information content (AvgIpc) is 2.83. The maximum atomic E-state index is 13.0. The van der Waals surface area contributed by atoms with E-state index in [1.807, 2.05) is 6.07 Å². The number of para-hydroxylation sites is 1. The third-order valence-electron chi connectivity index (χ3n) is 4.63. The lowest BCUT2D eigenvalue weighted by atomic mass is 10.1. The molecule has 0 spiro atoms. The second-order valence-electron chi connectivity index (χ2n) is 6.66. The van der Waals surface area contributed by atoms with Gasteiger partial charge in [-0.15, -0.1) is 0 Å². The van der Waals surface area contributed by atoms with Gasteiger partial charge in [-0.1, -0.05) is 18.2 Å². The fraction of sp³-hybridized carbons (Fsp3) is 0.0833. The number of nitrogens with zero attached hydrogens (tertiary/aromatic N) is 2. The number of esters is 1. The number of carbonyl (C=O) groups excluding carboxylic acids is 2. The predicted molar refractivity (Wildman–Crippen MR) is 118 cm³/mol. The topological polar surface area (TPSA) is 103 Å². The Hall–Kier alpha value is -4.46. The van der Waals surface area contributed by atoms with E-state index in [1.165, 1.54) is 14.2 Å². The van der Waals surface area contributed by atoms with Gasteiger partial charge in [0.15, 0.2) is 11.3 Å². The highest BCUT2D eigenvalue weighted by Crippen LogP contribution is 2.25. The van der Waals surface area contributed by atoms with Crippen molar-refractivity contribution in [3.8, 4) is 5.75 Å². The van der Waals surface area contributed by atoms with Gasteiger partial charge < -0.3 is 19.2 Å². The van der Waals surface area contributed by atoms with Crippen LogP contribution in [0.3, 0.4) is 0 Å². The van der Waals surface area contributed by atoms with Gasteiger partial charge in [-0.25, -0.2) is 14.8 Å². The van der Waals surface area contributed by atoms with Crippen molar-refractivity contribution in [1.29, 1.82) is 0 Å². The first-order valence-electron chi connectivity index (χ1n) is 9.65. The number of aromatic nitrogens is 1. The van der Waals surface area contributed by atoms with Crippen LogP contribution in [-0.4, -0.2) is 31.1 Å². The molecule has 1 N–H and O–H groups in total. The molecule has 0 atom stereocenters. The van der Waals surface area contributed by atoms with Gasteiger partial charge in [-0.05, 0) is 48.5 Å². The molecule has 0 aliphatic heterocycles. The van der Waals surface area contributed by atoms with Crippen LogP contribution in [0.25, 0.3) is 11.0 Å². The number of hydrogen-bond donors (Lipinski definition) is 1. The molecule has 0 saturated heterocycles. The molecule has 4 aromatic rings. The van der Waals surface area contributed by atoms with Crippen molar-refractivity contribution in [2.45, 2.75) is 0 Å². The smallest absolute Gasteiger partial charge is 0.337 e. The summed E-state index contributed by atoms with van der Waals surface area (Å²) in [6.45, 7) is 0. The molecule has 0 unspecified atom stereocenters. The summed E-state index contributed by atoms with van der Waals surface area (Å²) in [6, 6.07) is 18.7. The number of carbonyl (C=O) groups is 2. The highest BCUT2D eigenvalue weighted by molar-refractivity contribution is 6.05. The SMILES string of the molecule is COC(=O)c1ccc(N=c2oc3c(OC)cccc3cc2C(=O)Nc2ccccn2)cc1. The first-order chi connectivity index (χ1) is 15.6. The van der Waals surface area contributed by atoms with Crippen LogP contribution in [0, 0.1) is 0 Å². The molecule has 0 fully saturated rings. The molecular formula is C24H19N3O5. The molecular weight excluding hydrogens is 410 g/mol. The van der Waals surface area contributed by atoms with Gasteiger partial charge in [0.1, 0.15) is 11.4 Å². The fourth-order valence-corrected chi connectivity index (χ4v) is 3.06. The van der Waals surface area contributed by atoms with E-state index in [2.05, 4.69) is 15.3 Å². The summed E-state index contributed by atoms with van der Waals surface area (Å²) in [5.41, 5.74) is 1.63. The van der Waals surface area contributed by atoms with Gasteiger partial charge in [0.2, 0.25) is 5.55 Å². The molecule has 0 aliphatic carbocycles. The van der Waals surface area contributed by atoms with E-state index in [-0.39, 0.29) is 11.1 Å². The van der Waals surface area contributed by atoms with Gasteiger partial charge in [0.05, 0.1) is 25.5 Å². The summed E-state index contributed by atoms with van der Waals surface area (Å²) in [5.74, 6) is 0.0301. The normalized spacial score (nSPS) is 11.2. The lowest BCUT2D eigenvalue weighted by molar-refractivity contribution is 0.0600. The number of fused-ring (bicyclic) bond motifs is 1. The molecule has 0 saturated carbocycles. The van der Waals surface area contributed by atoms with Crippen molar-refractivity contribution in [3.05, 3.63) is 89.6 Å². The van der Waals surface area contributed by atoms with Gasteiger partial charge in [0, 0.05) is 11.6 Å². The minimum Gasteiger partial charge on any atom is -0.493 e. The zero-order valence-corrected chi connectivity index (χ0v) is 17.4. The summed E-state index contributed by atoms with van der Waals surface area (Å²) < 4.78 is 16.1. The highest BCUT2D eigenvalue weighted by atomic mass is 16.5. The van der Waals surface area contributed by atoms with Gasteiger partial charge in [-0.2, -0.15) is 0 Å². The first-order valence-corrected chi connectivity index (χ1v) is 9.65. The Bertz CT molecular complexity index is 1350. The van der Waals surface area contributed by atoms with Gasteiger partial charge in [0.25, 0.3) is 5.91 Å². The molecule has 1 amide bonds. The number of hydrogen-bond acceptors (Lipinski definition) is 7. The van der Waals surface area contributed by atoms with Gasteiger partial charge in [-0.3, -0.25) is 4.79 Å². The average molecular weight is 429 g/mol. The molecule has 0 bridgehead atoms. The third-order valence-corrected chi connectivity index (χ3v) is 4.63. The molecule has 2 aromatic heterocycles. The number of benzene rings is 2. The van der Waals surface area contributed by atoms with Crippen LogP contribution in [0.5, 0.6) is 5.75 Å². The van der Waals surface area contributed by atoms with Crippen molar-refractivity contribution >= 4 is 34.4 Å². The number of methoxy groups -OCH3 is 2. The number of pyridine rings is 1. The second kappa shape index (κ2) is 9.13. The summed E-state index contributed by atoms with van der Waals surface area (Å²) in [6.07, 6.45) is 1.58. The first kappa shape index (κ1) is 20.8. The van der Waals surface area contributed by atoms with Crippen molar-refractivity contribution in [2.24, 2.45) is 4.99 Å². The lowest BCUT2D eigenvalue weighted by Gasteiger charge is -2.08. The van der Waals surface area contributed by atoms with Crippen molar-refractivity contribution < 1.29 is 23.5 Å². The quantitative estimate of drug-likeness (QED) is 0.479. The van der Waals surface area contributed by atoms with E-state index in [0.717, 1.165) is 0 Å². The van der Waals surface area contributed by atoms with Crippen LogP contribution in [0.1, 0.15) is 20.7 Å². The van der Waals surface area contributed by atoms with E-state index < -0.39 is 11.9 Å². The summed E-state index contributed by atoms with van der Waals surface area (Å²) >= 11 is 0. The Morgan fingerprint density at radius 3 is 2.50 bits per heavy atom. The van der Waals surface area contributed by atoms with Crippen LogP contribution in [0.2, 0.25) is 0 Å². The molecule has 8 heteroatoms. The predicted octanol–water partition coefficient (Wildman–Crippen LogP) is 4.11. The minimum atomic E-state index is -0.452. The molecule has 0 radical (unpaired) electrons. The summed E-state index contributed by atoms with van der Waals surface area (Å²) in [7, 11) is 2.85. The van der Waals surface area contributed by atoms with Crippen molar-refractivity contribution in [1.82, 2.24) is 4.98 Å². The molecule has 160 valence electrons. The van der Waals surface area contributed by atoms with E-state index in [0.29, 0.717) is 33.8 Å². The van der Waals surface area contributed by atoms with Crippen LogP contribution >= 0.6 is 0 Å². The molecule has 2 aromatic carbocycles. The molecule has 4 rings (SSSR count). The maximum Gasteiger partial charge on any atom is 0.337 e. The maximum absolute atomic E-state index is 13.0. The zero-order valence-electron chi connectivity index (χ0n) is 17.4. The van der Waals surface area contributed by atoms with Crippen molar-refractivity contribution in [2.75, 3.05) is 19.5 Å². The Labute approximate surface area is 183 Å². The monoisotopic (exact) mass is 429 g/mol. The Balaban J connectivity index is 1.84. The number of ether oxygens (including phenoxy) is 2. The van der Waals surface area contributed by atoms with Gasteiger partial charge >= 0.3 is 5.97 Å². The van der Waals surface area contributed by atoms with Crippen LogP contribution < -0.4 is 15.6 Å². The molecule has 8 nitrogen and oxygen atoms in total. The van der Waals surface area contributed by atoms with E-state index >= 15 is 0 Å². The lowest BCUT2D eigenvalue weighted by Crippen LogP contribution is -2.22. The standard InChI is InChI=1S/C24H19N3O5/c1-30-19-7-5-6-16-14-18(22(28)27-20-8-3-4-13-25-20)23(32-21(16)19)26-17-11-9-15(10-12-17)24(29)31-2/h3-14H,1-2H3,(H,25,27,28). The Morgan fingerprint density at radius 2 is 1.81 bits per heavy atom. The number of rotatable bonds is 5.